The maximum Gasteiger partial charge on any atom is 0.184 e. The van der Waals surface area contributed by atoms with Crippen molar-refractivity contribution in [3.05, 3.63) is 102 Å². The van der Waals surface area contributed by atoms with E-state index >= 15 is 0 Å². The molecule has 132 valence electrons. The van der Waals surface area contributed by atoms with E-state index in [1.54, 1.807) is 24.3 Å². The second kappa shape index (κ2) is 7.06. The van der Waals surface area contributed by atoms with Gasteiger partial charge in [0, 0.05) is 0 Å². The highest BCUT2D eigenvalue weighted by Crippen LogP contribution is 2.45. The van der Waals surface area contributed by atoms with Crippen LogP contribution in [0.1, 0.15) is 29.8 Å². The molecule has 0 unspecified atom stereocenters. The van der Waals surface area contributed by atoms with Crippen molar-refractivity contribution >= 4 is 9.84 Å². The molecule has 1 saturated heterocycles. The summed E-state index contributed by atoms with van der Waals surface area (Å²) in [5, 5.41) is -0.613. The minimum atomic E-state index is -3.50. The van der Waals surface area contributed by atoms with Crippen LogP contribution in [0, 0.1) is 0 Å². The standard InChI is InChI=1S/C22H20O3S/c23-26(24,19-14-8-3-9-15-19)21-16-20(17-10-4-1-5-11-17)25-22(21)18-12-6-2-7-13-18/h1-15,20-22H,16H2/t20-,21-,22-/m1/s1. The zero-order chi connectivity index (χ0) is 18.0. The predicted molar refractivity (Wildman–Crippen MR) is 101 cm³/mol. The summed E-state index contributed by atoms with van der Waals surface area (Å²) >= 11 is 0. The molecule has 4 heteroatoms. The summed E-state index contributed by atoms with van der Waals surface area (Å²) in [6, 6.07) is 28.1. The third kappa shape index (κ3) is 3.18. The molecule has 0 amide bonds. The molecule has 0 bridgehead atoms. The van der Waals surface area contributed by atoms with E-state index < -0.39 is 21.2 Å². The molecule has 0 aliphatic carbocycles. The average molecular weight is 364 g/mol. The topological polar surface area (TPSA) is 43.4 Å². The number of hydrogen-bond donors (Lipinski definition) is 0. The molecule has 0 spiro atoms. The Kier molecular flexibility index (Phi) is 4.62. The lowest BCUT2D eigenvalue weighted by Gasteiger charge is -2.19. The Morgan fingerprint density at radius 1 is 0.692 bits per heavy atom. The SMILES string of the molecule is O=S(=O)(c1ccccc1)[C@@H]1C[C@H](c2ccccc2)O[C@@H]1c1ccccc1. The Labute approximate surface area is 154 Å². The molecule has 4 rings (SSSR count). The maximum absolute atomic E-state index is 13.3. The summed E-state index contributed by atoms with van der Waals surface area (Å²) in [4.78, 5) is 0.350. The first-order valence-corrected chi connectivity index (χ1v) is 10.3. The largest absolute Gasteiger partial charge is 0.364 e. The number of hydrogen-bond acceptors (Lipinski definition) is 3. The lowest BCUT2D eigenvalue weighted by atomic mass is 10.0. The molecule has 26 heavy (non-hydrogen) atoms. The van der Waals surface area contributed by atoms with Crippen LogP contribution in [0.3, 0.4) is 0 Å². The molecular weight excluding hydrogens is 344 g/mol. The normalized spacial score (nSPS) is 23.0. The van der Waals surface area contributed by atoms with Crippen LogP contribution in [0.5, 0.6) is 0 Å². The van der Waals surface area contributed by atoms with E-state index in [1.807, 2.05) is 66.7 Å². The molecule has 0 N–H and O–H groups in total. The van der Waals surface area contributed by atoms with Gasteiger partial charge in [0.2, 0.25) is 0 Å². The van der Waals surface area contributed by atoms with E-state index in [2.05, 4.69) is 0 Å². The fraction of sp³-hybridized carbons (Fsp3) is 0.182. The fourth-order valence-corrected chi connectivity index (χ4v) is 5.41. The van der Waals surface area contributed by atoms with Gasteiger partial charge in [-0.3, -0.25) is 0 Å². The number of ether oxygens (including phenoxy) is 1. The lowest BCUT2D eigenvalue weighted by Crippen LogP contribution is -2.24. The first kappa shape index (κ1) is 17.0. The van der Waals surface area contributed by atoms with Crippen molar-refractivity contribution in [3.63, 3.8) is 0 Å². The van der Waals surface area contributed by atoms with Crippen LogP contribution < -0.4 is 0 Å². The zero-order valence-electron chi connectivity index (χ0n) is 14.2. The molecule has 3 atom stereocenters. The van der Waals surface area contributed by atoms with Crippen molar-refractivity contribution in [2.24, 2.45) is 0 Å². The van der Waals surface area contributed by atoms with Crippen LogP contribution in [0.25, 0.3) is 0 Å². The van der Waals surface area contributed by atoms with Crippen LogP contribution in [0.2, 0.25) is 0 Å². The third-order valence-electron chi connectivity index (χ3n) is 4.86. The smallest absolute Gasteiger partial charge is 0.184 e. The van der Waals surface area contributed by atoms with Crippen molar-refractivity contribution in [2.75, 3.05) is 0 Å². The molecule has 3 aromatic carbocycles. The van der Waals surface area contributed by atoms with Gasteiger partial charge in [0.15, 0.2) is 9.84 Å². The maximum atomic E-state index is 13.3. The highest BCUT2D eigenvalue weighted by Gasteiger charge is 2.45. The number of sulfone groups is 1. The Balaban J connectivity index is 1.75. The summed E-state index contributed by atoms with van der Waals surface area (Å²) < 4.78 is 32.9. The van der Waals surface area contributed by atoms with Gasteiger partial charge in [0.05, 0.1) is 16.2 Å². The molecule has 0 radical (unpaired) electrons. The van der Waals surface area contributed by atoms with Gasteiger partial charge in [0.1, 0.15) is 6.10 Å². The van der Waals surface area contributed by atoms with Crippen molar-refractivity contribution in [1.82, 2.24) is 0 Å². The third-order valence-corrected chi connectivity index (χ3v) is 7.03. The van der Waals surface area contributed by atoms with Gasteiger partial charge < -0.3 is 4.74 Å². The van der Waals surface area contributed by atoms with Crippen molar-refractivity contribution in [3.8, 4) is 0 Å². The average Bonchev–Trinajstić information content (AvgIpc) is 3.16. The van der Waals surface area contributed by atoms with Crippen molar-refractivity contribution in [1.29, 1.82) is 0 Å². The summed E-state index contributed by atoms with van der Waals surface area (Å²) in [5.74, 6) is 0. The predicted octanol–water partition coefficient (Wildman–Crippen LogP) is 4.73. The monoisotopic (exact) mass is 364 g/mol. The molecule has 1 aliphatic rings. The molecule has 3 aromatic rings. The summed E-state index contributed by atoms with van der Waals surface area (Å²) in [5.41, 5.74) is 1.91. The lowest BCUT2D eigenvalue weighted by molar-refractivity contribution is 0.0447. The van der Waals surface area contributed by atoms with Crippen LogP contribution in [0.15, 0.2) is 95.9 Å². The minimum absolute atomic E-state index is 0.232. The van der Waals surface area contributed by atoms with E-state index in [0.717, 1.165) is 11.1 Å². The zero-order valence-corrected chi connectivity index (χ0v) is 15.0. The van der Waals surface area contributed by atoms with Crippen LogP contribution in [-0.2, 0) is 14.6 Å². The summed E-state index contributed by atoms with van der Waals surface area (Å²) in [7, 11) is -3.50. The molecule has 1 heterocycles. The molecule has 1 fully saturated rings. The van der Waals surface area contributed by atoms with Gasteiger partial charge in [-0.15, -0.1) is 0 Å². The Hall–Kier alpha value is -2.43. The van der Waals surface area contributed by atoms with Crippen LogP contribution in [-0.4, -0.2) is 13.7 Å². The van der Waals surface area contributed by atoms with Crippen LogP contribution >= 0.6 is 0 Å². The van der Waals surface area contributed by atoms with Crippen LogP contribution in [0.4, 0.5) is 0 Å². The van der Waals surface area contributed by atoms with E-state index in [4.69, 9.17) is 4.74 Å². The fourth-order valence-electron chi connectivity index (χ4n) is 3.55. The molecule has 0 aromatic heterocycles. The van der Waals surface area contributed by atoms with Crippen molar-refractivity contribution < 1.29 is 13.2 Å². The van der Waals surface area contributed by atoms with E-state index in [9.17, 15) is 8.42 Å². The quantitative estimate of drug-likeness (QED) is 0.672. The second-order valence-corrected chi connectivity index (χ2v) is 8.67. The van der Waals surface area contributed by atoms with E-state index in [0.29, 0.717) is 11.3 Å². The van der Waals surface area contributed by atoms with Gasteiger partial charge in [0.25, 0.3) is 0 Å². The second-order valence-electron chi connectivity index (χ2n) is 6.50. The first-order valence-electron chi connectivity index (χ1n) is 8.70. The van der Waals surface area contributed by atoms with Gasteiger partial charge in [-0.25, -0.2) is 8.42 Å². The molecule has 1 aliphatic heterocycles. The van der Waals surface area contributed by atoms with E-state index in [-0.39, 0.29) is 6.10 Å². The molecule has 3 nitrogen and oxygen atoms in total. The van der Waals surface area contributed by atoms with Crippen molar-refractivity contribution in [2.45, 2.75) is 28.8 Å². The van der Waals surface area contributed by atoms with Gasteiger partial charge in [-0.05, 0) is 29.7 Å². The van der Waals surface area contributed by atoms with E-state index in [1.165, 1.54) is 0 Å². The molecule has 0 saturated carbocycles. The highest BCUT2D eigenvalue weighted by molar-refractivity contribution is 7.92. The number of benzene rings is 3. The summed E-state index contributed by atoms with van der Waals surface area (Å²) in [6.45, 7) is 0. The number of rotatable bonds is 4. The highest BCUT2D eigenvalue weighted by atomic mass is 32.2. The Morgan fingerprint density at radius 2 is 1.19 bits per heavy atom. The minimum Gasteiger partial charge on any atom is -0.364 e. The Bertz CT molecular complexity index is 954. The Morgan fingerprint density at radius 3 is 1.77 bits per heavy atom. The molecular formula is C22H20O3S. The van der Waals surface area contributed by atoms with Gasteiger partial charge in [-0.1, -0.05) is 78.9 Å². The van der Waals surface area contributed by atoms with Gasteiger partial charge >= 0.3 is 0 Å². The first-order chi connectivity index (χ1) is 12.7. The summed E-state index contributed by atoms with van der Waals surface area (Å²) in [6.07, 6.45) is -0.266. The van der Waals surface area contributed by atoms with Gasteiger partial charge in [-0.2, -0.15) is 0 Å².